The number of aliphatic hydroxyl groups is 5. The molecule has 0 rings (SSSR count). The molecule has 0 aromatic heterocycles. The molecule has 4 unspecified atom stereocenters. The zero-order chi connectivity index (χ0) is 13.4. The highest BCUT2D eigenvalue weighted by Crippen LogP contribution is 2.12. The number of hydrogen-bond donors (Lipinski definition) is 5. The van der Waals surface area contributed by atoms with Gasteiger partial charge in [0, 0.05) is 13.2 Å². The van der Waals surface area contributed by atoms with Crippen LogP contribution >= 0.6 is 0 Å². The summed E-state index contributed by atoms with van der Waals surface area (Å²) in [4.78, 5) is 0. The third kappa shape index (κ3) is 5.26. The second kappa shape index (κ2) is 8.76. The van der Waals surface area contributed by atoms with E-state index in [9.17, 15) is 15.3 Å². The lowest BCUT2D eigenvalue weighted by molar-refractivity contribution is -0.229. The maximum Gasteiger partial charge on any atom is 0.186 e. The smallest absolute Gasteiger partial charge is 0.186 e. The maximum atomic E-state index is 9.70. The van der Waals surface area contributed by atoms with Crippen LogP contribution in [-0.4, -0.2) is 76.1 Å². The Morgan fingerprint density at radius 1 is 0.824 bits per heavy atom. The molecule has 0 saturated carbocycles. The SMILES string of the molecule is CCOC(OCC)C(O)C(O)C(O)C(O)CO. The zero-order valence-electron chi connectivity index (χ0n) is 10.1. The van der Waals surface area contributed by atoms with Crippen LogP contribution < -0.4 is 0 Å². The molecule has 0 fully saturated rings. The van der Waals surface area contributed by atoms with Gasteiger partial charge in [0.25, 0.3) is 0 Å². The first-order valence-corrected chi connectivity index (χ1v) is 5.55. The Hall–Kier alpha value is -0.280. The van der Waals surface area contributed by atoms with E-state index >= 15 is 0 Å². The molecule has 0 heterocycles. The summed E-state index contributed by atoms with van der Waals surface area (Å²) in [7, 11) is 0. The van der Waals surface area contributed by atoms with E-state index < -0.39 is 37.3 Å². The van der Waals surface area contributed by atoms with Gasteiger partial charge in [-0.15, -0.1) is 0 Å². The van der Waals surface area contributed by atoms with Gasteiger partial charge in [0.2, 0.25) is 0 Å². The lowest BCUT2D eigenvalue weighted by Crippen LogP contribution is -2.51. The van der Waals surface area contributed by atoms with E-state index in [1.165, 1.54) is 0 Å². The molecule has 104 valence electrons. The fraction of sp³-hybridized carbons (Fsp3) is 1.00. The van der Waals surface area contributed by atoms with Crippen molar-refractivity contribution in [2.75, 3.05) is 19.8 Å². The lowest BCUT2D eigenvalue weighted by Gasteiger charge is -2.30. The highest BCUT2D eigenvalue weighted by molar-refractivity contribution is 4.82. The molecule has 4 atom stereocenters. The second-order valence-electron chi connectivity index (χ2n) is 3.50. The average Bonchev–Trinajstić information content (AvgIpc) is 2.34. The Bertz CT molecular complexity index is 183. The van der Waals surface area contributed by atoms with Crippen molar-refractivity contribution in [2.45, 2.75) is 44.6 Å². The molecule has 7 heteroatoms. The topological polar surface area (TPSA) is 120 Å². The van der Waals surface area contributed by atoms with Crippen molar-refractivity contribution in [2.24, 2.45) is 0 Å². The van der Waals surface area contributed by atoms with Gasteiger partial charge in [-0.1, -0.05) is 0 Å². The van der Waals surface area contributed by atoms with E-state index in [-0.39, 0.29) is 13.2 Å². The number of ether oxygens (including phenoxy) is 2. The van der Waals surface area contributed by atoms with Crippen LogP contribution in [0, 0.1) is 0 Å². The normalized spacial score (nSPS) is 19.1. The molecule has 0 saturated heterocycles. The van der Waals surface area contributed by atoms with Crippen LogP contribution in [0.5, 0.6) is 0 Å². The summed E-state index contributed by atoms with van der Waals surface area (Å²) >= 11 is 0. The average molecular weight is 254 g/mol. The largest absolute Gasteiger partial charge is 0.394 e. The Morgan fingerprint density at radius 2 is 1.29 bits per heavy atom. The predicted octanol–water partition coefficient (Wildman–Crippen LogP) is -2.18. The minimum atomic E-state index is -1.68. The van der Waals surface area contributed by atoms with E-state index in [1.807, 2.05) is 0 Å². The predicted molar refractivity (Wildman–Crippen MR) is 58.2 cm³/mol. The van der Waals surface area contributed by atoms with E-state index in [2.05, 4.69) is 0 Å². The molecule has 0 aliphatic heterocycles. The third-order valence-electron chi connectivity index (χ3n) is 2.22. The van der Waals surface area contributed by atoms with Gasteiger partial charge in [-0.3, -0.25) is 0 Å². The minimum Gasteiger partial charge on any atom is -0.394 e. The molecule has 0 aliphatic carbocycles. The van der Waals surface area contributed by atoms with Crippen LogP contribution in [0.3, 0.4) is 0 Å². The fourth-order valence-corrected chi connectivity index (χ4v) is 1.27. The third-order valence-corrected chi connectivity index (χ3v) is 2.22. The summed E-state index contributed by atoms with van der Waals surface area (Å²) < 4.78 is 10.1. The standard InChI is InChI=1S/C10H22O7/c1-3-16-10(17-4-2)9(15)8(14)7(13)6(12)5-11/h6-15H,3-5H2,1-2H3. The molecule has 0 aliphatic rings. The first kappa shape index (κ1) is 16.7. The van der Waals surface area contributed by atoms with Crippen LogP contribution in [0.25, 0.3) is 0 Å². The molecule has 5 N–H and O–H groups in total. The monoisotopic (exact) mass is 254 g/mol. The Balaban J connectivity index is 4.46. The van der Waals surface area contributed by atoms with Gasteiger partial charge in [-0.2, -0.15) is 0 Å². The van der Waals surface area contributed by atoms with Gasteiger partial charge in [-0.25, -0.2) is 0 Å². The van der Waals surface area contributed by atoms with Crippen molar-refractivity contribution >= 4 is 0 Å². The van der Waals surface area contributed by atoms with Crippen LogP contribution in [0.2, 0.25) is 0 Å². The first-order valence-electron chi connectivity index (χ1n) is 5.55. The summed E-state index contributed by atoms with van der Waals surface area (Å²) in [5.74, 6) is 0. The zero-order valence-corrected chi connectivity index (χ0v) is 10.1. The molecule has 0 amide bonds. The highest BCUT2D eigenvalue weighted by atomic mass is 16.7. The molecule has 0 aromatic carbocycles. The van der Waals surface area contributed by atoms with Crippen LogP contribution in [0.4, 0.5) is 0 Å². The van der Waals surface area contributed by atoms with Gasteiger partial charge in [0.15, 0.2) is 6.29 Å². The Labute approximate surface area is 100 Å². The molecular formula is C10H22O7. The number of rotatable bonds is 9. The van der Waals surface area contributed by atoms with Gasteiger partial charge in [0.1, 0.15) is 24.4 Å². The quantitative estimate of drug-likeness (QED) is 0.297. The summed E-state index contributed by atoms with van der Waals surface area (Å²) in [6.07, 6.45) is -7.52. The lowest BCUT2D eigenvalue weighted by atomic mass is 10.0. The van der Waals surface area contributed by atoms with Crippen LogP contribution in [0.15, 0.2) is 0 Å². The summed E-state index contributed by atoms with van der Waals surface area (Å²) in [5, 5.41) is 46.4. The highest BCUT2D eigenvalue weighted by Gasteiger charge is 2.35. The van der Waals surface area contributed by atoms with Gasteiger partial charge >= 0.3 is 0 Å². The van der Waals surface area contributed by atoms with Crippen LogP contribution in [0.1, 0.15) is 13.8 Å². The first-order chi connectivity index (χ1) is 7.99. The second-order valence-corrected chi connectivity index (χ2v) is 3.50. The molecule has 0 aromatic rings. The minimum absolute atomic E-state index is 0.257. The fourth-order valence-electron chi connectivity index (χ4n) is 1.27. The van der Waals surface area contributed by atoms with Crippen molar-refractivity contribution in [3.63, 3.8) is 0 Å². The molecular weight excluding hydrogens is 232 g/mol. The molecule has 0 spiro atoms. The van der Waals surface area contributed by atoms with E-state index in [0.717, 1.165) is 0 Å². The summed E-state index contributed by atoms with van der Waals surface area (Å²) in [6, 6.07) is 0. The Morgan fingerprint density at radius 3 is 1.65 bits per heavy atom. The molecule has 0 radical (unpaired) electrons. The van der Waals surface area contributed by atoms with Gasteiger partial charge in [0.05, 0.1) is 6.61 Å². The Kier molecular flexibility index (Phi) is 8.61. The maximum absolute atomic E-state index is 9.70. The van der Waals surface area contributed by atoms with Crippen LogP contribution in [-0.2, 0) is 9.47 Å². The van der Waals surface area contributed by atoms with E-state index in [1.54, 1.807) is 13.8 Å². The van der Waals surface area contributed by atoms with Crippen molar-refractivity contribution in [3.05, 3.63) is 0 Å². The summed E-state index contributed by atoms with van der Waals surface area (Å²) in [5.41, 5.74) is 0. The van der Waals surface area contributed by atoms with E-state index in [0.29, 0.717) is 0 Å². The van der Waals surface area contributed by atoms with Crippen molar-refractivity contribution in [3.8, 4) is 0 Å². The van der Waals surface area contributed by atoms with Crippen molar-refractivity contribution in [1.82, 2.24) is 0 Å². The van der Waals surface area contributed by atoms with Gasteiger partial charge < -0.3 is 35.0 Å². The number of aliphatic hydroxyl groups excluding tert-OH is 5. The molecule has 7 nitrogen and oxygen atoms in total. The van der Waals surface area contributed by atoms with Crippen molar-refractivity contribution < 1.29 is 35.0 Å². The summed E-state index contributed by atoms with van der Waals surface area (Å²) in [6.45, 7) is 3.16. The molecule has 17 heavy (non-hydrogen) atoms. The van der Waals surface area contributed by atoms with Gasteiger partial charge in [-0.05, 0) is 13.8 Å². The van der Waals surface area contributed by atoms with E-state index in [4.69, 9.17) is 19.7 Å². The number of hydrogen-bond acceptors (Lipinski definition) is 7. The van der Waals surface area contributed by atoms with Crippen molar-refractivity contribution in [1.29, 1.82) is 0 Å². The molecule has 0 bridgehead atoms.